The monoisotopic (exact) mass is 393 g/mol. The van der Waals surface area contributed by atoms with E-state index in [1.807, 2.05) is 48.5 Å². The van der Waals surface area contributed by atoms with Crippen LogP contribution < -0.4 is 0 Å². The first-order valence-corrected chi connectivity index (χ1v) is 6.80. The number of fused-ring (bicyclic) bond motifs is 2. The molecular formula is C17H10AgN4O. The van der Waals surface area contributed by atoms with Gasteiger partial charge in [0.2, 0.25) is 5.78 Å². The fourth-order valence-electron chi connectivity index (χ4n) is 2.50. The number of hydrogen-bond acceptors (Lipinski definition) is 5. The van der Waals surface area contributed by atoms with Crippen LogP contribution in [0.5, 0.6) is 0 Å². The van der Waals surface area contributed by atoms with Crippen LogP contribution in [0.15, 0.2) is 60.9 Å². The van der Waals surface area contributed by atoms with E-state index in [1.165, 1.54) is 0 Å². The van der Waals surface area contributed by atoms with Crippen LogP contribution in [0, 0.1) is 0 Å². The standard InChI is InChI=1S/C17H10N4O.Ag/c22-17(15-13-7-3-1-5-11(13)9-18-20-15)16-14-8-4-2-6-12(14)10-19-21-16;/h1-10H;. The second-order valence-corrected chi connectivity index (χ2v) is 4.89. The van der Waals surface area contributed by atoms with Gasteiger partial charge in [-0.15, -0.1) is 10.2 Å². The maximum atomic E-state index is 12.9. The molecule has 0 aliphatic heterocycles. The van der Waals surface area contributed by atoms with Crippen LogP contribution in [-0.4, -0.2) is 26.2 Å². The van der Waals surface area contributed by atoms with Crippen LogP contribution in [0.1, 0.15) is 16.2 Å². The van der Waals surface area contributed by atoms with Crippen LogP contribution in [0.4, 0.5) is 0 Å². The van der Waals surface area contributed by atoms with Crippen molar-refractivity contribution in [3.8, 4) is 0 Å². The summed E-state index contributed by atoms with van der Waals surface area (Å²) in [5, 5.41) is 19.1. The van der Waals surface area contributed by atoms with Gasteiger partial charge in [-0.05, 0) is 0 Å². The molecule has 2 heterocycles. The van der Waals surface area contributed by atoms with Crippen LogP contribution in [0.2, 0.25) is 0 Å². The Balaban J connectivity index is 0.00000156. The van der Waals surface area contributed by atoms with Crippen molar-refractivity contribution in [2.45, 2.75) is 0 Å². The van der Waals surface area contributed by atoms with Crippen LogP contribution >= 0.6 is 0 Å². The van der Waals surface area contributed by atoms with Crippen molar-refractivity contribution < 1.29 is 27.2 Å². The molecule has 115 valence electrons. The van der Waals surface area contributed by atoms with Crippen molar-refractivity contribution in [2.24, 2.45) is 0 Å². The minimum atomic E-state index is -0.270. The number of carbonyl (C=O) groups is 1. The van der Waals surface area contributed by atoms with Crippen molar-refractivity contribution in [1.82, 2.24) is 20.4 Å². The van der Waals surface area contributed by atoms with E-state index in [-0.39, 0.29) is 28.2 Å². The first-order valence-electron chi connectivity index (χ1n) is 6.80. The first kappa shape index (κ1) is 15.4. The number of hydrogen-bond donors (Lipinski definition) is 0. The Kier molecular flexibility index (Phi) is 4.25. The Hall–Kier alpha value is -2.47. The molecule has 4 aromatic rings. The first-order chi connectivity index (χ1) is 10.8. The number of aromatic nitrogens is 4. The summed E-state index contributed by atoms with van der Waals surface area (Å²) in [6.07, 6.45) is 3.28. The minimum absolute atomic E-state index is 0. The van der Waals surface area contributed by atoms with Gasteiger partial charge in [-0.2, -0.15) is 10.2 Å². The topological polar surface area (TPSA) is 68.6 Å². The Morgan fingerprint density at radius 3 is 1.61 bits per heavy atom. The van der Waals surface area contributed by atoms with Crippen molar-refractivity contribution in [2.75, 3.05) is 0 Å². The Morgan fingerprint density at radius 1 is 0.696 bits per heavy atom. The molecule has 2 aromatic heterocycles. The van der Waals surface area contributed by atoms with Crippen molar-refractivity contribution in [1.29, 1.82) is 0 Å². The van der Waals surface area contributed by atoms with Gasteiger partial charge in [0.15, 0.2) is 0 Å². The van der Waals surface area contributed by atoms with Crippen molar-refractivity contribution in [3.05, 3.63) is 72.3 Å². The molecule has 2 aromatic carbocycles. The molecule has 23 heavy (non-hydrogen) atoms. The molecule has 6 heteroatoms. The molecule has 0 saturated heterocycles. The number of nitrogens with zero attached hydrogens (tertiary/aromatic N) is 4. The Bertz CT molecular complexity index is 927. The third kappa shape index (κ3) is 2.66. The van der Waals surface area contributed by atoms with E-state index in [4.69, 9.17) is 0 Å². The van der Waals surface area contributed by atoms with Gasteiger partial charge >= 0.3 is 0 Å². The quantitative estimate of drug-likeness (QED) is 0.386. The van der Waals surface area contributed by atoms with E-state index in [0.29, 0.717) is 11.4 Å². The maximum absolute atomic E-state index is 12.9. The average Bonchev–Trinajstić information content (AvgIpc) is 2.60. The van der Waals surface area contributed by atoms with E-state index in [9.17, 15) is 4.79 Å². The van der Waals surface area contributed by atoms with Crippen molar-refractivity contribution in [3.63, 3.8) is 0 Å². The molecule has 0 fully saturated rings. The summed E-state index contributed by atoms with van der Waals surface area (Å²) in [4.78, 5) is 12.9. The molecular weight excluding hydrogens is 384 g/mol. The largest absolute Gasteiger partial charge is 0.285 e. The summed E-state index contributed by atoms with van der Waals surface area (Å²) in [5.41, 5.74) is 0.590. The van der Waals surface area contributed by atoms with Crippen molar-refractivity contribution >= 4 is 27.3 Å². The smallest absolute Gasteiger partial charge is 0.234 e. The number of benzene rings is 2. The summed E-state index contributed by atoms with van der Waals surface area (Å²) in [7, 11) is 0. The van der Waals surface area contributed by atoms with E-state index < -0.39 is 0 Å². The SMILES string of the molecule is O=C(c1nncc2ccccc12)c1nncc2ccccc12.[Ag]. The zero-order chi connectivity index (χ0) is 14.9. The zero-order valence-corrected chi connectivity index (χ0v) is 13.3. The summed E-state index contributed by atoms with van der Waals surface area (Å²) in [6.45, 7) is 0. The molecule has 0 spiro atoms. The van der Waals surface area contributed by atoms with Gasteiger partial charge in [-0.3, -0.25) is 4.79 Å². The Labute approximate surface area is 147 Å². The fourth-order valence-corrected chi connectivity index (χ4v) is 2.50. The molecule has 0 atom stereocenters. The van der Waals surface area contributed by atoms with E-state index >= 15 is 0 Å². The summed E-state index contributed by atoms with van der Waals surface area (Å²) in [6, 6.07) is 15.0. The average molecular weight is 394 g/mol. The number of carbonyl (C=O) groups excluding carboxylic acids is 1. The molecule has 0 aliphatic carbocycles. The number of rotatable bonds is 2. The zero-order valence-electron chi connectivity index (χ0n) is 11.8. The molecule has 5 nitrogen and oxygen atoms in total. The number of ketones is 1. The van der Waals surface area contributed by atoms with Gasteiger partial charge in [0.25, 0.3) is 0 Å². The molecule has 0 bridgehead atoms. The third-order valence-electron chi connectivity index (χ3n) is 3.57. The van der Waals surface area contributed by atoms with Crippen LogP contribution in [0.3, 0.4) is 0 Å². The molecule has 0 saturated carbocycles. The van der Waals surface area contributed by atoms with E-state index in [0.717, 1.165) is 21.5 Å². The minimum Gasteiger partial charge on any atom is -0.285 e. The van der Waals surface area contributed by atoms with E-state index in [1.54, 1.807) is 12.4 Å². The predicted molar refractivity (Wildman–Crippen MR) is 82.5 cm³/mol. The normalized spacial score (nSPS) is 10.4. The third-order valence-corrected chi connectivity index (χ3v) is 3.57. The van der Waals surface area contributed by atoms with Gasteiger partial charge < -0.3 is 0 Å². The van der Waals surface area contributed by atoms with Gasteiger partial charge in [0.1, 0.15) is 11.4 Å². The van der Waals surface area contributed by atoms with Gasteiger partial charge in [-0.25, -0.2) is 0 Å². The molecule has 4 rings (SSSR count). The molecule has 1 radical (unpaired) electrons. The summed E-state index contributed by atoms with van der Waals surface area (Å²) < 4.78 is 0. The second-order valence-electron chi connectivity index (χ2n) is 4.89. The van der Waals surface area contributed by atoms with Gasteiger partial charge in [0.05, 0.1) is 12.4 Å². The van der Waals surface area contributed by atoms with Gasteiger partial charge in [0, 0.05) is 43.9 Å². The van der Waals surface area contributed by atoms with Gasteiger partial charge in [-0.1, -0.05) is 48.5 Å². The Morgan fingerprint density at radius 2 is 1.13 bits per heavy atom. The maximum Gasteiger partial charge on any atom is 0.234 e. The molecule has 0 aliphatic rings. The fraction of sp³-hybridized carbons (Fsp3) is 0. The second kappa shape index (κ2) is 6.34. The summed E-state index contributed by atoms with van der Waals surface area (Å²) >= 11 is 0. The summed E-state index contributed by atoms with van der Waals surface area (Å²) in [5.74, 6) is -0.270. The van der Waals surface area contributed by atoms with E-state index in [2.05, 4.69) is 20.4 Å². The predicted octanol–water partition coefficient (Wildman–Crippen LogP) is 2.80. The molecule has 0 unspecified atom stereocenters. The molecule has 0 amide bonds. The van der Waals surface area contributed by atoms with Crippen LogP contribution in [-0.2, 0) is 22.4 Å². The van der Waals surface area contributed by atoms with Crippen LogP contribution in [0.25, 0.3) is 21.5 Å². The molecule has 0 N–H and O–H groups in total.